The van der Waals surface area contributed by atoms with Crippen LogP contribution in [0.4, 0.5) is 5.69 Å². The predicted octanol–water partition coefficient (Wildman–Crippen LogP) is 2.06. The highest BCUT2D eigenvalue weighted by Gasteiger charge is 2.36. The maximum absolute atomic E-state index is 12.1. The minimum atomic E-state index is -1.05. The van der Waals surface area contributed by atoms with Crippen LogP contribution >= 0.6 is 12.4 Å². The Morgan fingerprint density at radius 3 is 2.58 bits per heavy atom. The first kappa shape index (κ1) is 16.1. The van der Waals surface area contributed by atoms with Gasteiger partial charge in [0, 0.05) is 27.6 Å². The molecular weight excluding hydrogens is 284 g/mol. The van der Waals surface area contributed by atoms with E-state index in [0.717, 1.165) is 25.7 Å². The molecule has 0 aromatic heterocycles. The van der Waals surface area contributed by atoms with Crippen molar-refractivity contribution in [1.82, 2.24) is 0 Å². The van der Waals surface area contributed by atoms with Gasteiger partial charge >= 0.3 is 0 Å². The van der Waals surface area contributed by atoms with E-state index in [1.807, 2.05) is 0 Å². The minimum Gasteiger partial charge on any atom is -0.324 e. The van der Waals surface area contributed by atoms with Crippen LogP contribution in [-0.4, -0.2) is 21.9 Å². The Morgan fingerprint density at radius 2 is 2.00 bits per heavy atom. The number of hydrogen-bond donors (Lipinski definition) is 2. The molecule has 2 rings (SSSR count). The molecule has 0 saturated heterocycles. The summed E-state index contributed by atoms with van der Waals surface area (Å²) < 4.78 is 11.4. The van der Waals surface area contributed by atoms with Crippen LogP contribution in [0.1, 0.15) is 25.7 Å². The number of nitrogens with two attached hydrogens (primary N) is 1. The first-order valence-corrected chi connectivity index (χ1v) is 7.61. The molecule has 6 heteroatoms. The molecule has 0 heterocycles. The summed E-state index contributed by atoms with van der Waals surface area (Å²) in [4.78, 5) is 12.8. The zero-order valence-electron chi connectivity index (χ0n) is 10.8. The molecule has 4 nitrogen and oxygen atoms in total. The van der Waals surface area contributed by atoms with Crippen molar-refractivity contribution < 1.29 is 9.00 Å². The average molecular weight is 303 g/mol. The van der Waals surface area contributed by atoms with Crippen molar-refractivity contribution in [3.63, 3.8) is 0 Å². The third kappa shape index (κ3) is 3.78. The highest BCUT2D eigenvalue weighted by Crippen LogP contribution is 2.28. The lowest BCUT2D eigenvalue weighted by Crippen LogP contribution is -2.48. The summed E-state index contributed by atoms with van der Waals surface area (Å²) in [6.07, 6.45) is 5.09. The highest BCUT2D eigenvalue weighted by molar-refractivity contribution is 7.84. The normalized spacial score (nSPS) is 18.4. The standard InChI is InChI=1S/C13H18N2O2S.ClH/c1-18(17)11-6-4-5-10(9-11)15-12(16)13(14)7-2-3-8-13;/h4-6,9H,2-3,7-8,14H2,1H3,(H,15,16);1H. The zero-order chi connectivity index (χ0) is 13.2. The molecule has 19 heavy (non-hydrogen) atoms. The Bertz CT molecular complexity index is 487. The quantitative estimate of drug-likeness (QED) is 0.897. The summed E-state index contributed by atoms with van der Waals surface area (Å²) in [6, 6.07) is 7.07. The van der Waals surface area contributed by atoms with Crippen LogP contribution in [0.3, 0.4) is 0 Å². The number of nitrogens with one attached hydrogen (secondary N) is 1. The Morgan fingerprint density at radius 1 is 1.37 bits per heavy atom. The number of carbonyl (C=O) groups excluding carboxylic acids is 1. The van der Waals surface area contributed by atoms with Crippen LogP contribution in [0.2, 0.25) is 0 Å². The van der Waals surface area contributed by atoms with Gasteiger partial charge in [-0.25, -0.2) is 0 Å². The van der Waals surface area contributed by atoms with Gasteiger partial charge in [0.1, 0.15) is 0 Å². The molecule has 0 aliphatic heterocycles. The van der Waals surface area contributed by atoms with Gasteiger partial charge in [-0.15, -0.1) is 12.4 Å². The summed E-state index contributed by atoms with van der Waals surface area (Å²) in [5, 5.41) is 2.82. The fraction of sp³-hybridized carbons (Fsp3) is 0.462. The topological polar surface area (TPSA) is 72.2 Å². The molecule has 1 saturated carbocycles. The maximum atomic E-state index is 12.1. The third-order valence-electron chi connectivity index (χ3n) is 3.37. The number of halogens is 1. The van der Waals surface area contributed by atoms with E-state index >= 15 is 0 Å². The van der Waals surface area contributed by atoms with Gasteiger partial charge in [0.2, 0.25) is 5.91 Å². The first-order valence-electron chi connectivity index (χ1n) is 6.05. The lowest BCUT2D eigenvalue weighted by atomic mass is 9.98. The SMILES string of the molecule is CS(=O)c1cccc(NC(=O)C2(N)CCCC2)c1.Cl. The zero-order valence-corrected chi connectivity index (χ0v) is 12.5. The summed E-state index contributed by atoms with van der Waals surface area (Å²) in [5.41, 5.74) is 6.00. The van der Waals surface area contributed by atoms with E-state index in [9.17, 15) is 9.00 Å². The monoisotopic (exact) mass is 302 g/mol. The van der Waals surface area contributed by atoms with E-state index in [2.05, 4.69) is 5.32 Å². The fourth-order valence-corrected chi connectivity index (χ4v) is 2.80. The largest absolute Gasteiger partial charge is 0.324 e. The third-order valence-corrected chi connectivity index (χ3v) is 4.29. The maximum Gasteiger partial charge on any atom is 0.244 e. The van der Waals surface area contributed by atoms with Gasteiger partial charge in [-0.1, -0.05) is 18.9 Å². The fourth-order valence-electron chi connectivity index (χ4n) is 2.24. The van der Waals surface area contributed by atoms with Gasteiger partial charge in [0.25, 0.3) is 0 Å². The van der Waals surface area contributed by atoms with Gasteiger partial charge in [0.15, 0.2) is 0 Å². The van der Waals surface area contributed by atoms with Crippen molar-refractivity contribution >= 4 is 34.8 Å². The van der Waals surface area contributed by atoms with Crippen molar-refractivity contribution in [3.05, 3.63) is 24.3 Å². The molecule has 1 aliphatic carbocycles. The van der Waals surface area contributed by atoms with E-state index in [0.29, 0.717) is 10.6 Å². The van der Waals surface area contributed by atoms with E-state index in [-0.39, 0.29) is 18.3 Å². The van der Waals surface area contributed by atoms with Crippen molar-refractivity contribution in [2.75, 3.05) is 11.6 Å². The number of amides is 1. The molecule has 1 fully saturated rings. The number of rotatable bonds is 3. The second-order valence-corrected chi connectivity index (χ2v) is 6.18. The van der Waals surface area contributed by atoms with Crippen molar-refractivity contribution in [3.8, 4) is 0 Å². The second kappa shape index (κ2) is 6.50. The van der Waals surface area contributed by atoms with Gasteiger partial charge < -0.3 is 11.1 Å². The molecule has 3 N–H and O–H groups in total. The molecule has 0 bridgehead atoms. The highest BCUT2D eigenvalue weighted by atomic mass is 35.5. The van der Waals surface area contributed by atoms with Crippen LogP contribution in [0.5, 0.6) is 0 Å². The lowest BCUT2D eigenvalue weighted by molar-refractivity contribution is -0.121. The van der Waals surface area contributed by atoms with Gasteiger partial charge in [-0.2, -0.15) is 0 Å². The Labute approximate surface area is 122 Å². The summed E-state index contributed by atoms with van der Waals surface area (Å²) in [5.74, 6) is -0.140. The summed E-state index contributed by atoms with van der Waals surface area (Å²) in [7, 11) is -1.05. The van der Waals surface area contributed by atoms with Crippen LogP contribution < -0.4 is 11.1 Å². The molecule has 106 valence electrons. The van der Waals surface area contributed by atoms with E-state index in [4.69, 9.17) is 5.73 Å². The Hall–Kier alpha value is -0.910. The van der Waals surface area contributed by atoms with Crippen molar-refractivity contribution in [2.24, 2.45) is 5.73 Å². The molecule has 0 spiro atoms. The molecular formula is C13H19ClN2O2S. The van der Waals surface area contributed by atoms with Crippen molar-refractivity contribution in [2.45, 2.75) is 36.1 Å². The summed E-state index contributed by atoms with van der Waals surface area (Å²) in [6.45, 7) is 0. The molecule has 1 aliphatic rings. The lowest BCUT2D eigenvalue weighted by Gasteiger charge is -2.22. The predicted molar refractivity (Wildman–Crippen MR) is 80.0 cm³/mol. The first-order chi connectivity index (χ1) is 8.51. The number of carbonyl (C=O) groups is 1. The second-order valence-electron chi connectivity index (χ2n) is 4.80. The number of hydrogen-bond acceptors (Lipinski definition) is 3. The van der Waals surface area contributed by atoms with Crippen LogP contribution in [0.25, 0.3) is 0 Å². The van der Waals surface area contributed by atoms with Crippen LogP contribution in [-0.2, 0) is 15.6 Å². The smallest absolute Gasteiger partial charge is 0.244 e. The van der Waals surface area contributed by atoms with Crippen molar-refractivity contribution in [1.29, 1.82) is 0 Å². The Kier molecular flexibility index (Phi) is 5.52. The Balaban J connectivity index is 0.00000180. The summed E-state index contributed by atoms with van der Waals surface area (Å²) >= 11 is 0. The average Bonchev–Trinajstić information content (AvgIpc) is 2.78. The van der Waals surface area contributed by atoms with Gasteiger partial charge in [-0.3, -0.25) is 9.00 Å². The number of benzene rings is 1. The molecule has 1 amide bonds. The molecule has 1 aromatic rings. The van der Waals surface area contributed by atoms with E-state index in [1.165, 1.54) is 0 Å². The van der Waals surface area contributed by atoms with Crippen LogP contribution in [0, 0.1) is 0 Å². The molecule has 1 unspecified atom stereocenters. The number of anilines is 1. The van der Waals surface area contributed by atoms with E-state index in [1.54, 1.807) is 30.5 Å². The molecule has 0 radical (unpaired) electrons. The van der Waals surface area contributed by atoms with E-state index < -0.39 is 16.3 Å². The van der Waals surface area contributed by atoms with Gasteiger partial charge in [-0.05, 0) is 31.0 Å². The minimum absolute atomic E-state index is 0. The molecule has 1 aromatic carbocycles. The molecule has 1 atom stereocenters. The van der Waals surface area contributed by atoms with Gasteiger partial charge in [0.05, 0.1) is 5.54 Å². The van der Waals surface area contributed by atoms with Crippen LogP contribution in [0.15, 0.2) is 29.2 Å².